The predicted molar refractivity (Wildman–Crippen MR) is 77.5 cm³/mol. The molecule has 0 aliphatic rings. The zero-order valence-electron chi connectivity index (χ0n) is 11.5. The zero-order chi connectivity index (χ0) is 13.7. The number of aliphatic hydroxyl groups excluding tert-OH is 1. The third kappa shape index (κ3) is 3.15. The average molecular weight is 256 g/mol. The van der Waals surface area contributed by atoms with Crippen LogP contribution in [0.5, 0.6) is 5.75 Å². The Hall–Kier alpha value is -1.80. The molecule has 0 fully saturated rings. The highest BCUT2D eigenvalue weighted by atomic mass is 16.5. The number of aryl methyl sites for hydroxylation is 1. The van der Waals surface area contributed by atoms with E-state index in [4.69, 9.17) is 4.74 Å². The molecule has 0 aliphatic heterocycles. The lowest BCUT2D eigenvalue weighted by atomic mass is 9.98. The third-order valence-electron chi connectivity index (χ3n) is 3.19. The van der Waals surface area contributed by atoms with Gasteiger partial charge in [0.05, 0.1) is 6.61 Å². The molecule has 0 heterocycles. The molecule has 100 valence electrons. The van der Waals surface area contributed by atoms with Gasteiger partial charge in [0, 0.05) is 5.56 Å². The van der Waals surface area contributed by atoms with E-state index < -0.39 is 6.10 Å². The molecule has 2 nitrogen and oxygen atoms in total. The summed E-state index contributed by atoms with van der Waals surface area (Å²) >= 11 is 0. The lowest BCUT2D eigenvalue weighted by Gasteiger charge is -2.16. The van der Waals surface area contributed by atoms with Crippen LogP contribution in [0.15, 0.2) is 48.5 Å². The van der Waals surface area contributed by atoms with E-state index in [1.165, 1.54) is 5.56 Å². The van der Waals surface area contributed by atoms with Gasteiger partial charge in [-0.25, -0.2) is 0 Å². The monoisotopic (exact) mass is 256 g/mol. The van der Waals surface area contributed by atoms with Gasteiger partial charge in [-0.2, -0.15) is 0 Å². The van der Waals surface area contributed by atoms with Crippen LogP contribution in [0, 0.1) is 0 Å². The Morgan fingerprint density at radius 2 is 1.84 bits per heavy atom. The number of rotatable bonds is 5. The highest BCUT2D eigenvalue weighted by Crippen LogP contribution is 2.30. The van der Waals surface area contributed by atoms with Crippen molar-refractivity contribution in [2.45, 2.75) is 26.4 Å². The first-order chi connectivity index (χ1) is 9.26. The van der Waals surface area contributed by atoms with Gasteiger partial charge in [-0.15, -0.1) is 0 Å². The maximum absolute atomic E-state index is 10.5. The molecule has 2 aromatic carbocycles. The van der Waals surface area contributed by atoms with E-state index in [1.807, 2.05) is 49.4 Å². The van der Waals surface area contributed by atoms with Crippen molar-refractivity contribution >= 4 is 0 Å². The highest BCUT2D eigenvalue weighted by Gasteiger charge is 2.15. The first-order valence-electron chi connectivity index (χ1n) is 6.74. The summed E-state index contributed by atoms with van der Waals surface area (Å²) in [7, 11) is 0. The van der Waals surface area contributed by atoms with Crippen LogP contribution in [0.1, 0.15) is 36.6 Å². The summed E-state index contributed by atoms with van der Waals surface area (Å²) in [5.74, 6) is 0.749. The summed E-state index contributed by atoms with van der Waals surface area (Å²) in [6.07, 6.45) is 0.322. The molecule has 0 bridgehead atoms. The van der Waals surface area contributed by atoms with Crippen molar-refractivity contribution in [1.29, 1.82) is 0 Å². The van der Waals surface area contributed by atoms with E-state index in [-0.39, 0.29) is 0 Å². The van der Waals surface area contributed by atoms with Gasteiger partial charge in [0.25, 0.3) is 0 Å². The van der Waals surface area contributed by atoms with Gasteiger partial charge in [-0.1, -0.05) is 49.4 Å². The molecule has 1 atom stereocenters. The van der Waals surface area contributed by atoms with E-state index in [9.17, 15) is 5.11 Å². The first kappa shape index (κ1) is 13.6. The Morgan fingerprint density at radius 3 is 2.58 bits per heavy atom. The topological polar surface area (TPSA) is 29.5 Å². The Kier molecular flexibility index (Phi) is 4.58. The zero-order valence-corrected chi connectivity index (χ0v) is 11.5. The number of para-hydroxylation sites is 1. The molecule has 1 N–H and O–H groups in total. The van der Waals surface area contributed by atoms with Crippen LogP contribution < -0.4 is 4.74 Å². The molecular weight excluding hydrogens is 236 g/mol. The second-order valence-electron chi connectivity index (χ2n) is 4.47. The number of ether oxygens (including phenoxy) is 1. The van der Waals surface area contributed by atoms with E-state index in [0.29, 0.717) is 6.61 Å². The predicted octanol–water partition coefficient (Wildman–Crippen LogP) is 3.73. The third-order valence-corrected chi connectivity index (χ3v) is 3.19. The van der Waals surface area contributed by atoms with Gasteiger partial charge in [-0.3, -0.25) is 0 Å². The van der Waals surface area contributed by atoms with Crippen LogP contribution in [-0.2, 0) is 6.42 Å². The normalized spacial score (nSPS) is 12.2. The number of hydrogen-bond acceptors (Lipinski definition) is 2. The number of hydrogen-bond donors (Lipinski definition) is 1. The lowest BCUT2D eigenvalue weighted by molar-refractivity contribution is 0.212. The van der Waals surface area contributed by atoms with Gasteiger partial charge in [-0.05, 0) is 30.5 Å². The molecule has 1 unspecified atom stereocenters. The Bertz CT molecular complexity index is 534. The van der Waals surface area contributed by atoms with Gasteiger partial charge in [0.1, 0.15) is 11.9 Å². The van der Waals surface area contributed by atoms with E-state index >= 15 is 0 Å². The van der Waals surface area contributed by atoms with Crippen molar-refractivity contribution in [2.24, 2.45) is 0 Å². The van der Waals surface area contributed by atoms with Gasteiger partial charge >= 0.3 is 0 Å². The second kappa shape index (κ2) is 6.39. The van der Waals surface area contributed by atoms with Crippen molar-refractivity contribution in [3.8, 4) is 5.75 Å². The lowest BCUT2D eigenvalue weighted by Crippen LogP contribution is -2.04. The van der Waals surface area contributed by atoms with Crippen molar-refractivity contribution < 1.29 is 9.84 Å². The molecule has 2 heteroatoms. The molecule has 19 heavy (non-hydrogen) atoms. The van der Waals surface area contributed by atoms with Gasteiger partial charge in [0.15, 0.2) is 0 Å². The van der Waals surface area contributed by atoms with Gasteiger partial charge < -0.3 is 9.84 Å². The first-order valence-corrected chi connectivity index (χ1v) is 6.74. The summed E-state index contributed by atoms with van der Waals surface area (Å²) in [6.45, 7) is 4.65. The SMILES string of the molecule is CCOc1ccccc1C(O)c1cccc(CC)c1. The average Bonchev–Trinajstić information content (AvgIpc) is 2.47. The molecule has 0 saturated heterocycles. The molecular formula is C17H20O2. The summed E-state index contributed by atoms with van der Waals surface area (Å²) in [5.41, 5.74) is 2.95. The quantitative estimate of drug-likeness (QED) is 0.883. The molecule has 2 aromatic rings. The highest BCUT2D eigenvalue weighted by molar-refractivity contribution is 5.41. The standard InChI is InChI=1S/C17H20O2/c1-3-13-8-7-9-14(12-13)17(18)15-10-5-6-11-16(15)19-4-2/h5-12,17-18H,3-4H2,1-2H3. The van der Waals surface area contributed by atoms with Crippen LogP contribution in [0.4, 0.5) is 0 Å². The summed E-state index contributed by atoms with van der Waals surface area (Å²) in [6, 6.07) is 15.7. The van der Waals surface area contributed by atoms with E-state index in [1.54, 1.807) is 0 Å². The largest absolute Gasteiger partial charge is 0.493 e. The van der Waals surface area contributed by atoms with Crippen LogP contribution in [0.2, 0.25) is 0 Å². The minimum absolute atomic E-state index is 0.596. The van der Waals surface area contributed by atoms with E-state index in [0.717, 1.165) is 23.3 Å². The second-order valence-corrected chi connectivity index (χ2v) is 4.47. The summed E-state index contributed by atoms with van der Waals surface area (Å²) in [5, 5.41) is 10.5. The Balaban J connectivity index is 2.35. The summed E-state index contributed by atoms with van der Waals surface area (Å²) < 4.78 is 5.58. The fraction of sp³-hybridized carbons (Fsp3) is 0.294. The van der Waals surface area contributed by atoms with Crippen molar-refractivity contribution in [2.75, 3.05) is 6.61 Å². The van der Waals surface area contributed by atoms with Crippen LogP contribution in [-0.4, -0.2) is 11.7 Å². The maximum atomic E-state index is 10.5. The molecule has 0 amide bonds. The van der Waals surface area contributed by atoms with Crippen LogP contribution in [0.3, 0.4) is 0 Å². The molecule has 0 saturated carbocycles. The van der Waals surface area contributed by atoms with Crippen molar-refractivity contribution in [3.63, 3.8) is 0 Å². The Labute approximate surface area is 114 Å². The minimum Gasteiger partial charge on any atom is -0.493 e. The van der Waals surface area contributed by atoms with Crippen LogP contribution in [0.25, 0.3) is 0 Å². The van der Waals surface area contributed by atoms with E-state index in [2.05, 4.69) is 13.0 Å². The molecule has 0 aliphatic carbocycles. The molecule has 0 radical (unpaired) electrons. The Morgan fingerprint density at radius 1 is 1.05 bits per heavy atom. The fourth-order valence-corrected chi connectivity index (χ4v) is 2.16. The number of aliphatic hydroxyl groups is 1. The van der Waals surface area contributed by atoms with Gasteiger partial charge in [0.2, 0.25) is 0 Å². The van der Waals surface area contributed by atoms with Crippen molar-refractivity contribution in [1.82, 2.24) is 0 Å². The summed E-state index contributed by atoms with van der Waals surface area (Å²) in [4.78, 5) is 0. The molecule has 0 spiro atoms. The maximum Gasteiger partial charge on any atom is 0.125 e. The minimum atomic E-state index is -0.644. The smallest absolute Gasteiger partial charge is 0.125 e. The molecule has 0 aromatic heterocycles. The van der Waals surface area contributed by atoms with Crippen molar-refractivity contribution in [3.05, 3.63) is 65.2 Å². The van der Waals surface area contributed by atoms with Crippen LogP contribution >= 0.6 is 0 Å². The molecule has 2 rings (SSSR count). The number of benzene rings is 2. The fourth-order valence-electron chi connectivity index (χ4n) is 2.16.